The fourth-order valence-electron chi connectivity index (χ4n) is 3.70. The molecule has 1 aromatic rings. The Hall–Kier alpha value is -1.32. The van der Waals surface area contributed by atoms with Gasteiger partial charge in [-0.2, -0.15) is 0 Å². The second-order valence-corrected chi connectivity index (χ2v) is 6.70. The summed E-state index contributed by atoms with van der Waals surface area (Å²) in [6.07, 6.45) is 6.96. The average Bonchev–Trinajstić information content (AvgIpc) is 2.46. The Morgan fingerprint density at radius 1 is 1.15 bits per heavy atom. The third-order valence-corrected chi connectivity index (χ3v) is 4.88. The molecule has 2 unspecified atom stereocenters. The van der Waals surface area contributed by atoms with Gasteiger partial charge in [0.25, 0.3) is 0 Å². The van der Waals surface area contributed by atoms with Gasteiger partial charge in [-0.3, -0.25) is 0 Å². The van der Waals surface area contributed by atoms with E-state index < -0.39 is 0 Å². The van der Waals surface area contributed by atoms with E-state index in [-0.39, 0.29) is 0 Å². The molecule has 2 fully saturated rings. The Labute approximate surface area is 121 Å². The van der Waals surface area contributed by atoms with Crippen molar-refractivity contribution in [3.05, 3.63) is 11.9 Å². The molecule has 2 heterocycles. The molecule has 4 heteroatoms. The highest BCUT2D eigenvalue weighted by Gasteiger charge is 2.31. The van der Waals surface area contributed by atoms with Gasteiger partial charge in [0.1, 0.15) is 17.5 Å². The zero-order valence-electron chi connectivity index (χ0n) is 12.7. The number of fused-ring (bicyclic) bond motifs is 1. The van der Waals surface area contributed by atoms with E-state index in [1.807, 2.05) is 6.07 Å². The molecule has 0 radical (unpaired) electrons. The molecule has 3 rings (SSSR count). The number of aromatic nitrogens is 2. The molecule has 2 atom stereocenters. The van der Waals surface area contributed by atoms with E-state index in [1.54, 1.807) is 0 Å². The van der Waals surface area contributed by atoms with Gasteiger partial charge in [0.05, 0.1) is 0 Å². The van der Waals surface area contributed by atoms with Crippen molar-refractivity contribution >= 4 is 11.6 Å². The summed E-state index contributed by atoms with van der Waals surface area (Å²) in [5.41, 5.74) is 5.96. The summed E-state index contributed by atoms with van der Waals surface area (Å²) in [7, 11) is 0. The van der Waals surface area contributed by atoms with Crippen molar-refractivity contribution in [1.82, 2.24) is 9.97 Å². The normalized spacial score (nSPS) is 26.6. The zero-order valence-corrected chi connectivity index (χ0v) is 12.7. The first-order valence-electron chi connectivity index (χ1n) is 8.03. The van der Waals surface area contributed by atoms with E-state index in [0.717, 1.165) is 36.6 Å². The first-order valence-corrected chi connectivity index (χ1v) is 8.03. The van der Waals surface area contributed by atoms with Crippen molar-refractivity contribution < 1.29 is 0 Å². The maximum absolute atomic E-state index is 5.96. The van der Waals surface area contributed by atoms with Crippen molar-refractivity contribution in [2.75, 3.05) is 23.7 Å². The average molecular weight is 274 g/mol. The van der Waals surface area contributed by atoms with Crippen molar-refractivity contribution in [2.45, 2.75) is 51.9 Å². The smallest absolute Gasteiger partial charge is 0.135 e. The fraction of sp³-hybridized carbons (Fsp3) is 0.750. The van der Waals surface area contributed by atoms with Crippen LogP contribution in [-0.2, 0) is 0 Å². The lowest BCUT2D eigenvalue weighted by molar-refractivity contribution is 0.202. The standard InChI is InChI=1S/C16H26N4/c1-11(2)16-18-14(17)9-15(19-16)20-8-7-12-5-3-4-6-13(12)10-20/h9,11-13H,3-8,10H2,1-2H3,(H2,17,18,19). The van der Waals surface area contributed by atoms with Crippen LogP contribution < -0.4 is 10.6 Å². The Bertz CT molecular complexity index is 472. The number of nitrogen functional groups attached to an aromatic ring is 1. The maximum Gasteiger partial charge on any atom is 0.135 e. The summed E-state index contributed by atoms with van der Waals surface area (Å²) >= 11 is 0. The van der Waals surface area contributed by atoms with Gasteiger partial charge in [-0.1, -0.05) is 33.1 Å². The number of anilines is 2. The highest BCUT2D eigenvalue weighted by atomic mass is 15.2. The first-order chi connectivity index (χ1) is 9.63. The van der Waals surface area contributed by atoms with E-state index >= 15 is 0 Å². The second kappa shape index (κ2) is 5.58. The van der Waals surface area contributed by atoms with Crippen LogP contribution in [0.15, 0.2) is 6.07 Å². The molecule has 2 aliphatic rings. The molecular weight excluding hydrogens is 248 g/mol. The molecule has 2 N–H and O–H groups in total. The van der Waals surface area contributed by atoms with Crippen LogP contribution in [0.3, 0.4) is 0 Å². The van der Waals surface area contributed by atoms with Crippen LogP contribution in [0.25, 0.3) is 0 Å². The third-order valence-electron chi connectivity index (χ3n) is 4.88. The molecule has 0 spiro atoms. The molecule has 110 valence electrons. The molecule has 1 saturated heterocycles. The summed E-state index contributed by atoms with van der Waals surface area (Å²) in [5, 5.41) is 0. The molecule has 1 aliphatic carbocycles. The fourth-order valence-corrected chi connectivity index (χ4v) is 3.70. The topological polar surface area (TPSA) is 55.0 Å². The molecule has 1 aliphatic heterocycles. The lowest BCUT2D eigenvalue weighted by atomic mass is 9.75. The SMILES string of the molecule is CC(C)c1nc(N)cc(N2CCC3CCCCC3C2)n1. The van der Waals surface area contributed by atoms with Gasteiger partial charge in [0.2, 0.25) is 0 Å². The van der Waals surface area contributed by atoms with Crippen LogP contribution in [0.5, 0.6) is 0 Å². The molecule has 0 bridgehead atoms. The van der Waals surface area contributed by atoms with Gasteiger partial charge in [0, 0.05) is 25.1 Å². The van der Waals surface area contributed by atoms with E-state index in [2.05, 4.69) is 23.7 Å². The first kappa shape index (κ1) is 13.7. The molecule has 1 saturated carbocycles. The van der Waals surface area contributed by atoms with Crippen LogP contribution >= 0.6 is 0 Å². The molecular formula is C16H26N4. The number of hydrogen-bond acceptors (Lipinski definition) is 4. The Morgan fingerprint density at radius 2 is 1.90 bits per heavy atom. The second-order valence-electron chi connectivity index (χ2n) is 6.70. The van der Waals surface area contributed by atoms with Crippen molar-refractivity contribution in [1.29, 1.82) is 0 Å². The lowest BCUT2D eigenvalue weighted by Crippen LogP contribution is -2.42. The largest absolute Gasteiger partial charge is 0.384 e. The van der Waals surface area contributed by atoms with Crippen LogP contribution in [0.2, 0.25) is 0 Å². The molecule has 0 aromatic carbocycles. The highest BCUT2D eigenvalue weighted by molar-refractivity contribution is 5.47. The minimum Gasteiger partial charge on any atom is -0.384 e. The van der Waals surface area contributed by atoms with Crippen LogP contribution in [0.1, 0.15) is 57.7 Å². The van der Waals surface area contributed by atoms with Crippen LogP contribution in [0.4, 0.5) is 11.6 Å². The quantitative estimate of drug-likeness (QED) is 0.899. The number of rotatable bonds is 2. The van der Waals surface area contributed by atoms with Crippen LogP contribution in [-0.4, -0.2) is 23.1 Å². The minimum absolute atomic E-state index is 0.324. The van der Waals surface area contributed by atoms with Crippen molar-refractivity contribution in [3.8, 4) is 0 Å². The molecule has 0 amide bonds. The monoisotopic (exact) mass is 274 g/mol. The van der Waals surface area contributed by atoms with Crippen molar-refractivity contribution in [2.24, 2.45) is 11.8 Å². The van der Waals surface area contributed by atoms with Gasteiger partial charge in [-0.15, -0.1) is 0 Å². The predicted octanol–water partition coefficient (Wildman–Crippen LogP) is 3.20. The van der Waals surface area contributed by atoms with E-state index in [1.165, 1.54) is 32.1 Å². The minimum atomic E-state index is 0.324. The summed E-state index contributed by atoms with van der Waals surface area (Å²) in [6.45, 7) is 6.51. The maximum atomic E-state index is 5.96. The Kier molecular flexibility index (Phi) is 3.81. The number of hydrogen-bond donors (Lipinski definition) is 1. The van der Waals surface area contributed by atoms with Gasteiger partial charge in [-0.05, 0) is 24.7 Å². The van der Waals surface area contributed by atoms with Gasteiger partial charge < -0.3 is 10.6 Å². The number of nitrogens with two attached hydrogens (primary N) is 1. The molecule has 1 aromatic heterocycles. The van der Waals surface area contributed by atoms with E-state index in [9.17, 15) is 0 Å². The molecule has 20 heavy (non-hydrogen) atoms. The summed E-state index contributed by atoms with van der Waals surface area (Å²) in [4.78, 5) is 11.5. The number of nitrogens with zero attached hydrogens (tertiary/aromatic N) is 3. The van der Waals surface area contributed by atoms with E-state index in [0.29, 0.717) is 11.7 Å². The predicted molar refractivity (Wildman–Crippen MR) is 82.8 cm³/mol. The lowest BCUT2D eigenvalue weighted by Gasteiger charge is -2.41. The van der Waals surface area contributed by atoms with Crippen LogP contribution in [0, 0.1) is 11.8 Å². The third kappa shape index (κ3) is 2.74. The van der Waals surface area contributed by atoms with Gasteiger partial charge in [-0.25, -0.2) is 9.97 Å². The zero-order chi connectivity index (χ0) is 14.1. The van der Waals surface area contributed by atoms with Crippen molar-refractivity contribution in [3.63, 3.8) is 0 Å². The Balaban J connectivity index is 1.79. The Morgan fingerprint density at radius 3 is 2.65 bits per heavy atom. The molecule has 4 nitrogen and oxygen atoms in total. The highest BCUT2D eigenvalue weighted by Crippen LogP contribution is 2.37. The van der Waals surface area contributed by atoms with Gasteiger partial charge in [0.15, 0.2) is 0 Å². The summed E-state index contributed by atoms with van der Waals surface area (Å²) in [5.74, 6) is 4.63. The summed E-state index contributed by atoms with van der Waals surface area (Å²) < 4.78 is 0. The van der Waals surface area contributed by atoms with Gasteiger partial charge >= 0.3 is 0 Å². The summed E-state index contributed by atoms with van der Waals surface area (Å²) in [6, 6.07) is 1.94. The van der Waals surface area contributed by atoms with E-state index in [4.69, 9.17) is 10.7 Å². The number of piperidine rings is 1.